The summed E-state index contributed by atoms with van der Waals surface area (Å²) in [5, 5.41) is 9.36. The predicted octanol–water partition coefficient (Wildman–Crippen LogP) is 2.75. The molecule has 1 unspecified atom stereocenters. The van der Waals surface area contributed by atoms with Gasteiger partial charge in [-0.05, 0) is 39.8 Å². The topological polar surface area (TPSA) is 70.1 Å². The zero-order chi connectivity index (χ0) is 18.9. The van der Waals surface area contributed by atoms with E-state index in [1.807, 2.05) is 0 Å². The predicted molar refractivity (Wildman–Crippen MR) is 86.3 cm³/mol. The van der Waals surface area contributed by atoms with E-state index in [4.69, 9.17) is 4.74 Å². The molecule has 8 heteroatoms. The molecule has 1 heterocycles. The number of carbonyl (C=O) groups is 2. The van der Waals surface area contributed by atoms with Gasteiger partial charge in [-0.25, -0.2) is 13.6 Å². The molecule has 2 rings (SSSR count). The highest BCUT2D eigenvalue weighted by Crippen LogP contribution is 2.24. The number of benzene rings is 1. The fourth-order valence-corrected chi connectivity index (χ4v) is 2.63. The van der Waals surface area contributed by atoms with Crippen molar-refractivity contribution in [3.63, 3.8) is 0 Å². The highest BCUT2D eigenvalue weighted by atomic mass is 19.1. The first-order valence-electron chi connectivity index (χ1n) is 7.97. The lowest BCUT2D eigenvalue weighted by molar-refractivity contribution is 0.00181. The van der Waals surface area contributed by atoms with Crippen molar-refractivity contribution in [3.8, 4) is 5.75 Å². The van der Waals surface area contributed by atoms with Crippen LogP contribution in [-0.2, 0) is 4.74 Å². The van der Waals surface area contributed by atoms with Crippen molar-refractivity contribution < 1.29 is 28.2 Å². The Morgan fingerprint density at radius 3 is 2.44 bits per heavy atom. The average molecular weight is 356 g/mol. The summed E-state index contributed by atoms with van der Waals surface area (Å²) in [5.74, 6) is -3.97. The van der Waals surface area contributed by atoms with Gasteiger partial charge in [-0.1, -0.05) is 0 Å². The van der Waals surface area contributed by atoms with Gasteiger partial charge in [0.2, 0.25) is 0 Å². The van der Waals surface area contributed by atoms with E-state index in [1.54, 1.807) is 27.7 Å². The van der Waals surface area contributed by atoms with Gasteiger partial charge in [-0.2, -0.15) is 0 Å². The maximum Gasteiger partial charge on any atom is 0.410 e. The summed E-state index contributed by atoms with van der Waals surface area (Å²) in [6, 6.07) is 1.31. The van der Waals surface area contributed by atoms with E-state index < -0.39 is 40.5 Å². The largest absolute Gasteiger partial charge is 0.505 e. The first-order chi connectivity index (χ1) is 11.5. The minimum Gasteiger partial charge on any atom is -0.505 e. The molecule has 138 valence electrons. The third-order valence-electron chi connectivity index (χ3n) is 3.83. The maximum atomic E-state index is 13.9. The Kier molecular flexibility index (Phi) is 5.20. The van der Waals surface area contributed by atoms with Crippen LogP contribution < -0.4 is 0 Å². The Bertz CT molecular complexity index is 688. The maximum absolute atomic E-state index is 13.9. The van der Waals surface area contributed by atoms with Crippen LogP contribution in [0.3, 0.4) is 0 Å². The second-order valence-corrected chi connectivity index (χ2v) is 7.03. The Balaban J connectivity index is 2.12. The lowest BCUT2D eigenvalue weighted by atomic mass is 10.1. The number of nitrogens with zero attached hydrogens (tertiary/aromatic N) is 2. The Hall–Kier alpha value is -2.38. The third-order valence-corrected chi connectivity index (χ3v) is 3.83. The summed E-state index contributed by atoms with van der Waals surface area (Å²) >= 11 is 0. The van der Waals surface area contributed by atoms with Gasteiger partial charge in [0.1, 0.15) is 17.0 Å². The molecule has 0 aromatic heterocycles. The van der Waals surface area contributed by atoms with Gasteiger partial charge in [0, 0.05) is 25.7 Å². The van der Waals surface area contributed by atoms with Crippen molar-refractivity contribution in [2.24, 2.45) is 0 Å². The van der Waals surface area contributed by atoms with Gasteiger partial charge in [-0.3, -0.25) is 4.79 Å². The fourth-order valence-electron chi connectivity index (χ4n) is 2.63. The lowest BCUT2D eigenvalue weighted by Gasteiger charge is -2.40. The minimum atomic E-state index is -1.28. The quantitative estimate of drug-likeness (QED) is 0.840. The Morgan fingerprint density at radius 2 is 1.88 bits per heavy atom. The molecule has 1 atom stereocenters. The molecule has 0 bridgehead atoms. The van der Waals surface area contributed by atoms with Gasteiger partial charge in [-0.15, -0.1) is 0 Å². The molecular formula is C17H22F2N2O4. The van der Waals surface area contributed by atoms with E-state index in [0.29, 0.717) is 0 Å². The van der Waals surface area contributed by atoms with Gasteiger partial charge < -0.3 is 19.6 Å². The van der Waals surface area contributed by atoms with Gasteiger partial charge >= 0.3 is 6.09 Å². The normalized spacial score (nSPS) is 18.2. The van der Waals surface area contributed by atoms with Crippen LogP contribution in [0.25, 0.3) is 0 Å². The van der Waals surface area contributed by atoms with Crippen LogP contribution in [0.2, 0.25) is 0 Å². The van der Waals surface area contributed by atoms with E-state index >= 15 is 0 Å². The summed E-state index contributed by atoms with van der Waals surface area (Å²) in [7, 11) is 0. The number of piperazine rings is 1. The van der Waals surface area contributed by atoms with Crippen molar-refractivity contribution >= 4 is 12.0 Å². The zero-order valence-corrected chi connectivity index (χ0v) is 14.7. The number of amides is 2. The number of hydrogen-bond acceptors (Lipinski definition) is 4. The van der Waals surface area contributed by atoms with Crippen LogP contribution in [0.15, 0.2) is 12.1 Å². The summed E-state index contributed by atoms with van der Waals surface area (Å²) < 4.78 is 33.1. The fraction of sp³-hybridized carbons (Fsp3) is 0.529. The molecule has 1 aliphatic rings. The minimum absolute atomic E-state index is 0.104. The Morgan fingerprint density at radius 1 is 1.24 bits per heavy atom. The van der Waals surface area contributed by atoms with Crippen LogP contribution in [0.4, 0.5) is 13.6 Å². The molecule has 1 N–H and O–H groups in total. The Labute approximate surface area is 145 Å². The standard InChI is InChI=1S/C17H22F2N2O4/c1-10-9-20(7-8-21(10)16(24)25-17(2,3)4)15(23)13-11(18)5-6-12(22)14(13)19/h5-6,10,22H,7-9H2,1-4H3. The third kappa shape index (κ3) is 4.18. The van der Waals surface area contributed by atoms with Gasteiger partial charge in [0.25, 0.3) is 5.91 Å². The van der Waals surface area contributed by atoms with Crippen molar-refractivity contribution in [2.75, 3.05) is 19.6 Å². The first kappa shape index (κ1) is 19.0. The number of rotatable bonds is 1. The number of aromatic hydroxyl groups is 1. The number of phenolic OH excluding ortho intramolecular Hbond substituents is 1. The first-order valence-corrected chi connectivity index (χ1v) is 7.97. The van der Waals surface area contributed by atoms with E-state index in [-0.39, 0.29) is 25.7 Å². The summed E-state index contributed by atoms with van der Waals surface area (Å²) in [5.41, 5.74) is -1.43. The zero-order valence-electron chi connectivity index (χ0n) is 14.7. The van der Waals surface area contributed by atoms with E-state index in [9.17, 15) is 23.5 Å². The van der Waals surface area contributed by atoms with Crippen LogP contribution >= 0.6 is 0 Å². The van der Waals surface area contributed by atoms with E-state index in [2.05, 4.69) is 0 Å². The number of halogens is 2. The van der Waals surface area contributed by atoms with Crippen LogP contribution in [-0.4, -0.2) is 58.2 Å². The van der Waals surface area contributed by atoms with E-state index in [1.165, 1.54) is 9.80 Å². The second kappa shape index (κ2) is 6.85. The molecule has 25 heavy (non-hydrogen) atoms. The van der Waals surface area contributed by atoms with E-state index in [0.717, 1.165) is 12.1 Å². The van der Waals surface area contributed by atoms with Crippen LogP contribution in [0.1, 0.15) is 38.1 Å². The number of carbonyl (C=O) groups excluding carboxylic acids is 2. The molecular weight excluding hydrogens is 334 g/mol. The molecule has 0 radical (unpaired) electrons. The lowest BCUT2D eigenvalue weighted by Crippen LogP contribution is -2.56. The molecule has 1 aromatic carbocycles. The summed E-state index contributed by atoms with van der Waals surface area (Å²) in [6.45, 7) is 7.38. The van der Waals surface area contributed by atoms with Crippen molar-refractivity contribution in [1.82, 2.24) is 9.80 Å². The molecule has 6 nitrogen and oxygen atoms in total. The highest BCUT2D eigenvalue weighted by Gasteiger charge is 2.34. The molecule has 2 amide bonds. The van der Waals surface area contributed by atoms with Gasteiger partial charge in [0.05, 0.1) is 0 Å². The average Bonchev–Trinajstić information content (AvgIpc) is 2.49. The van der Waals surface area contributed by atoms with Crippen molar-refractivity contribution in [2.45, 2.75) is 39.3 Å². The molecule has 1 saturated heterocycles. The second-order valence-electron chi connectivity index (χ2n) is 7.03. The number of phenols is 1. The van der Waals surface area contributed by atoms with Crippen LogP contribution in [0.5, 0.6) is 5.75 Å². The monoisotopic (exact) mass is 356 g/mol. The molecule has 1 aromatic rings. The van der Waals surface area contributed by atoms with Crippen molar-refractivity contribution in [1.29, 1.82) is 0 Å². The molecule has 0 spiro atoms. The smallest absolute Gasteiger partial charge is 0.410 e. The summed E-state index contributed by atoms with van der Waals surface area (Å²) in [6.07, 6.45) is -0.498. The van der Waals surface area contributed by atoms with Crippen molar-refractivity contribution in [3.05, 3.63) is 29.3 Å². The highest BCUT2D eigenvalue weighted by molar-refractivity contribution is 5.95. The van der Waals surface area contributed by atoms with Crippen LogP contribution in [0, 0.1) is 11.6 Å². The SMILES string of the molecule is CC1CN(C(=O)c2c(F)ccc(O)c2F)CCN1C(=O)OC(C)(C)C. The molecule has 0 saturated carbocycles. The number of ether oxygens (including phenoxy) is 1. The molecule has 1 fully saturated rings. The molecule has 1 aliphatic heterocycles. The summed E-state index contributed by atoms with van der Waals surface area (Å²) in [4.78, 5) is 27.3. The molecule has 0 aliphatic carbocycles. The number of hydrogen-bond donors (Lipinski definition) is 1. The van der Waals surface area contributed by atoms with Gasteiger partial charge in [0.15, 0.2) is 11.6 Å².